The van der Waals surface area contributed by atoms with Gasteiger partial charge >= 0.3 is 0 Å². The zero-order chi connectivity index (χ0) is 33.1. The van der Waals surface area contributed by atoms with Gasteiger partial charge in [-0.25, -0.2) is 0 Å². The van der Waals surface area contributed by atoms with Crippen LogP contribution in [0.25, 0.3) is 0 Å². The lowest BCUT2D eigenvalue weighted by molar-refractivity contribution is 0.411. The van der Waals surface area contributed by atoms with Crippen LogP contribution in [-0.4, -0.2) is 25.5 Å². The summed E-state index contributed by atoms with van der Waals surface area (Å²) in [7, 11) is 0. The average Bonchev–Trinajstić information content (AvgIpc) is 3.05. The van der Waals surface area contributed by atoms with Crippen molar-refractivity contribution in [2.75, 3.05) is 0 Å². The first-order chi connectivity index (χ1) is 22.6. The van der Waals surface area contributed by atoms with Crippen LogP contribution in [-0.2, 0) is 25.7 Å². The van der Waals surface area contributed by atoms with Crippen LogP contribution >= 0.6 is 0 Å². The highest BCUT2D eigenvalue weighted by molar-refractivity contribution is 5.54. The Morgan fingerprint density at radius 2 is 0.851 bits per heavy atom. The molecule has 0 radical (unpaired) electrons. The van der Waals surface area contributed by atoms with Crippen LogP contribution in [0, 0.1) is 13.8 Å². The van der Waals surface area contributed by atoms with Crippen molar-refractivity contribution in [1.29, 1.82) is 0 Å². The second kappa shape index (κ2) is 13.8. The van der Waals surface area contributed by atoms with E-state index in [1.807, 2.05) is 68.4 Å². The average molecular weight is 629 g/mol. The lowest BCUT2D eigenvalue weighted by Gasteiger charge is -2.25. The first-order valence-corrected chi connectivity index (χ1v) is 16.7. The van der Waals surface area contributed by atoms with E-state index >= 15 is 0 Å². The predicted molar refractivity (Wildman–Crippen MR) is 187 cm³/mol. The fraction of sp³-hybridized carbons (Fsp3) is 0.286. The van der Waals surface area contributed by atoms with Gasteiger partial charge in [-0.1, -0.05) is 91.1 Å². The maximum absolute atomic E-state index is 11.7. The monoisotopic (exact) mass is 628 g/mol. The summed E-state index contributed by atoms with van der Waals surface area (Å²) in [5.41, 5.74) is 10.1. The Labute approximate surface area is 277 Å². The van der Waals surface area contributed by atoms with Gasteiger partial charge in [-0.3, -0.25) is 0 Å². The van der Waals surface area contributed by atoms with E-state index in [2.05, 4.69) is 6.07 Å². The van der Waals surface area contributed by atoms with Gasteiger partial charge in [0.15, 0.2) is 0 Å². The molecule has 1 saturated carbocycles. The Kier molecular flexibility index (Phi) is 9.44. The van der Waals surface area contributed by atoms with Gasteiger partial charge in [0.05, 0.1) is 0 Å². The molecule has 47 heavy (non-hydrogen) atoms. The van der Waals surface area contributed by atoms with Crippen molar-refractivity contribution >= 4 is 0 Å². The molecule has 1 aliphatic rings. The predicted octanol–water partition coefficient (Wildman–Crippen LogP) is 9.24. The van der Waals surface area contributed by atoms with Gasteiger partial charge in [0, 0.05) is 25.7 Å². The third-order valence-corrected chi connectivity index (χ3v) is 9.58. The third-order valence-electron chi connectivity index (χ3n) is 9.58. The van der Waals surface area contributed by atoms with Crippen molar-refractivity contribution in [2.24, 2.45) is 0 Å². The maximum atomic E-state index is 11.7. The number of phenols is 5. The van der Waals surface area contributed by atoms with E-state index in [-0.39, 0.29) is 28.9 Å². The molecule has 0 heterocycles. The Balaban J connectivity index is 1.36. The number of aryl methyl sites for hydroxylation is 2. The van der Waals surface area contributed by atoms with Gasteiger partial charge < -0.3 is 25.5 Å². The summed E-state index contributed by atoms with van der Waals surface area (Å²) in [5, 5.41) is 54.1. The summed E-state index contributed by atoms with van der Waals surface area (Å²) in [5.74, 6) is 1.50. The van der Waals surface area contributed by atoms with E-state index in [1.165, 1.54) is 6.42 Å². The smallest absolute Gasteiger partial charge is 0.122 e. The molecule has 1 aliphatic carbocycles. The molecule has 0 aliphatic heterocycles. The van der Waals surface area contributed by atoms with Crippen LogP contribution in [0.1, 0.15) is 99.2 Å². The van der Waals surface area contributed by atoms with Crippen molar-refractivity contribution in [3.63, 3.8) is 0 Å². The molecule has 0 aromatic heterocycles. The zero-order valence-electron chi connectivity index (χ0n) is 27.3. The molecular formula is C42H44O5. The highest BCUT2D eigenvalue weighted by Crippen LogP contribution is 2.42. The summed E-state index contributed by atoms with van der Waals surface area (Å²) in [6, 6.07) is 26.3. The number of aromatic hydroxyl groups is 5. The van der Waals surface area contributed by atoms with Gasteiger partial charge in [0.2, 0.25) is 0 Å². The lowest BCUT2D eigenvalue weighted by Crippen LogP contribution is -2.07. The fourth-order valence-corrected chi connectivity index (χ4v) is 7.25. The van der Waals surface area contributed by atoms with Crippen LogP contribution in [0.5, 0.6) is 28.7 Å². The Morgan fingerprint density at radius 3 is 1.32 bits per heavy atom. The van der Waals surface area contributed by atoms with Crippen molar-refractivity contribution in [2.45, 2.75) is 77.6 Å². The molecule has 0 amide bonds. The molecule has 5 aromatic carbocycles. The fourth-order valence-electron chi connectivity index (χ4n) is 7.25. The topological polar surface area (TPSA) is 101 Å². The summed E-state index contributed by atoms with van der Waals surface area (Å²) in [6.45, 7) is 4.05. The Hall–Kier alpha value is -4.90. The number of phenolic OH excluding ortho intramolecular Hbond substituents is 5. The van der Waals surface area contributed by atoms with Gasteiger partial charge in [-0.05, 0) is 107 Å². The zero-order valence-corrected chi connectivity index (χ0v) is 27.3. The quantitative estimate of drug-likeness (QED) is 0.112. The number of hydrogen-bond donors (Lipinski definition) is 5. The van der Waals surface area contributed by atoms with Gasteiger partial charge in [-0.2, -0.15) is 0 Å². The van der Waals surface area contributed by atoms with Crippen LogP contribution in [0.15, 0.2) is 84.9 Å². The highest BCUT2D eigenvalue weighted by atomic mass is 16.3. The van der Waals surface area contributed by atoms with Crippen LogP contribution in [0.3, 0.4) is 0 Å². The van der Waals surface area contributed by atoms with E-state index in [9.17, 15) is 25.5 Å². The molecule has 0 bridgehead atoms. The molecule has 0 spiro atoms. The second-order valence-electron chi connectivity index (χ2n) is 13.4. The maximum Gasteiger partial charge on any atom is 0.122 e. The summed E-state index contributed by atoms with van der Waals surface area (Å²) in [4.78, 5) is 0. The van der Waals surface area contributed by atoms with Gasteiger partial charge in [0.25, 0.3) is 0 Å². The van der Waals surface area contributed by atoms with Crippen molar-refractivity contribution < 1.29 is 25.5 Å². The normalized spacial score (nSPS) is 13.6. The van der Waals surface area contributed by atoms with Crippen LogP contribution in [0.2, 0.25) is 0 Å². The minimum atomic E-state index is 0.208. The standard InChI is InChI=1S/C42H44O5/c1-26-16-32(20-28-8-12-37(43)13-9-28)40(45)34(18-26)22-30-23-36(42(47)39(24-30)31-6-4-3-5-7-31)25-35-19-27(2)17-33(41(35)46)21-29-10-14-38(44)15-11-29/h8-19,23-24,31,43-47H,3-7,20-22,25H2,1-2H3. The molecule has 0 saturated heterocycles. The van der Waals surface area contributed by atoms with E-state index in [1.54, 1.807) is 24.3 Å². The van der Waals surface area contributed by atoms with E-state index in [0.717, 1.165) is 86.9 Å². The van der Waals surface area contributed by atoms with Gasteiger partial charge in [-0.15, -0.1) is 0 Å². The molecule has 5 aromatic rings. The van der Waals surface area contributed by atoms with Crippen molar-refractivity contribution in [3.8, 4) is 28.7 Å². The second-order valence-corrected chi connectivity index (χ2v) is 13.4. The lowest BCUT2D eigenvalue weighted by atomic mass is 9.81. The molecule has 5 nitrogen and oxygen atoms in total. The molecular weight excluding hydrogens is 584 g/mol. The molecule has 0 atom stereocenters. The highest BCUT2D eigenvalue weighted by Gasteiger charge is 2.23. The van der Waals surface area contributed by atoms with Crippen molar-refractivity contribution in [1.82, 2.24) is 0 Å². The first kappa shape index (κ1) is 32.1. The largest absolute Gasteiger partial charge is 0.508 e. The van der Waals surface area contributed by atoms with E-state index in [4.69, 9.17) is 0 Å². The number of rotatable bonds is 9. The number of hydrogen-bond acceptors (Lipinski definition) is 5. The summed E-state index contributed by atoms with van der Waals surface area (Å²) in [6.07, 6.45) is 7.53. The minimum Gasteiger partial charge on any atom is -0.508 e. The molecule has 0 unspecified atom stereocenters. The van der Waals surface area contributed by atoms with Crippen LogP contribution < -0.4 is 0 Å². The van der Waals surface area contributed by atoms with E-state index in [0.29, 0.717) is 31.4 Å². The van der Waals surface area contributed by atoms with Gasteiger partial charge in [0.1, 0.15) is 28.7 Å². The molecule has 1 fully saturated rings. The Bertz CT molecular complexity index is 1870. The van der Waals surface area contributed by atoms with Crippen LogP contribution in [0.4, 0.5) is 0 Å². The molecule has 5 heteroatoms. The summed E-state index contributed by atoms with van der Waals surface area (Å²) >= 11 is 0. The van der Waals surface area contributed by atoms with E-state index < -0.39 is 0 Å². The molecule has 242 valence electrons. The summed E-state index contributed by atoms with van der Waals surface area (Å²) < 4.78 is 0. The molecule has 5 N–H and O–H groups in total. The first-order valence-electron chi connectivity index (χ1n) is 16.7. The minimum absolute atomic E-state index is 0.208. The molecule has 6 rings (SSSR count). The number of benzene rings is 5. The SMILES string of the molecule is Cc1cc(Cc2ccc(O)cc2)c(O)c(Cc2cc(Cc3cc(C)cc(Cc4ccc(O)cc4)c3O)c(O)c(C3CCCCC3)c2)c1. The van der Waals surface area contributed by atoms with Crippen molar-refractivity contribution in [3.05, 3.63) is 146 Å². The Morgan fingerprint density at radius 1 is 0.447 bits per heavy atom. The third kappa shape index (κ3) is 7.57.